The summed E-state index contributed by atoms with van der Waals surface area (Å²) in [6.07, 6.45) is 0. The van der Waals surface area contributed by atoms with E-state index in [1.54, 1.807) is 30.9 Å². The minimum Gasteiger partial charge on any atom is -0.450 e. The van der Waals surface area contributed by atoms with Gasteiger partial charge in [0, 0.05) is 17.8 Å². The number of hydrogen-bond donors (Lipinski definition) is 2. The Morgan fingerprint density at radius 1 is 1.29 bits per heavy atom. The van der Waals surface area contributed by atoms with Gasteiger partial charge in [-0.05, 0) is 25.8 Å². The van der Waals surface area contributed by atoms with E-state index in [-0.39, 0.29) is 28.8 Å². The topological polar surface area (TPSA) is 108 Å². The monoisotopic (exact) mass is 378 g/mol. The molecule has 144 valence electrons. The minimum atomic E-state index is -1.59. The average molecular weight is 378 g/mol. The van der Waals surface area contributed by atoms with Crippen molar-refractivity contribution >= 4 is 17.6 Å². The molecule has 0 bridgehead atoms. The highest BCUT2D eigenvalue weighted by Crippen LogP contribution is 2.56. The van der Waals surface area contributed by atoms with Crippen molar-refractivity contribution in [2.24, 2.45) is 11.7 Å². The van der Waals surface area contributed by atoms with E-state index >= 15 is 0 Å². The van der Waals surface area contributed by atoms with Gasteiger partial charge in [-0.15, -0.1) is 0 Å². The molecule has 4 rings (SSSR count). The number of fused-ring (bicyclic) bond motifs is 3. The molecule has 0 aliphatic carbocycles. The number of para-hydroxylation sites is 1. The molecule has 0 saturated heterocycles. The molecule has 0 aromatic heterocycles. The van der Waals surface area contributed by atoms with Gasteiger partial charge < -0.3 is 20.7 Å². The number of carbonyl (C=O) groups excluding carboxylic acids is 2. The zero-order valence-corrected chi connectivity index (χ0v) is 16.3. The summed E-state index contributed by atoms with van der Waals surface area (Å²) in [5, 5.41) is 12.9. The Morgan fingerprint density at radius 2 is 1.96 bits per heavy atom. The summed E-state index contributed by atoms with van der Waals surface area (Å²) in [5.74, 6) is -0.684. The number of nitriles is 1. The number of benzene rings is 1. The number of nitrogens with two attached hydrogens (primary N) is 1. The van der Waals surface area contributed by atoms with E-state index in [1.807, 2.05) is 26.0 Å². The fraction of sp³-hybridized carbons (Fsp3) is 0.381. The van der Waals surface area contributed by atoms with E-state index in [0.29, 0.717) is 23.5 Å². The van der Waals surface area contributed by atoms with Crippen LogP contribution >= 0.6 is 0 Å². The van der Waals surface area contributed by atoms with Crippen molar-refractivity contribution in [3.63, 3.8) is 0 Å². The Hall–Kier alpha value is -3.27. The van der Waals surface area contributed by atoms with Crippen LogP contribution in [0.3, 0.4) is 0 Å². The van der Waals surface area contributed by atoms with Crippen molar-refractivity contribution in [2.75, 3.05) is 11.4 Å². The molecule has 28 heavy (non-hydrogen) atoms. The Balaban J connectivity index is 2.10. The van der Waals surface area contributed by atoms with Gasteiger partial charge in [-0.25, -0.2) is 4.79 Å². The highest BCUT2D eigenvalue weighted by atomic mass is 16.6. The van der Waals surface area contributed by atoms with Crippen LogP contribution in [0.4, 0.5) is 5.69 Å². The Labute approximate surface area is 163 Å². The van der Waals surface area contributed by atoms with Gasteiger partial charge in [0.1, 0.15) is 22.9 Å². The van der Waals surface area contributed by atoms with Gasteiger partial charge in [0.15, 0.2) is 0 Å². The quantitative estimate of drug-likeness (QED) is 0.760. The predicted octanol–water partition coefficient (Wildman–Crippen LogP) is 1.81. The molecule has 1 atom stereocenters. The average Bonchev–Trinajstić information content (AvgIpc) is 2.98. The van der Waals surface area contributed by atoms with Gasteiger partial charge in [0.05, 0.1) is 16.8 Å². The summed E-state index contributed by atoms with van der Waals surface area (Å²) >= 11 is 0. The lowest BCUT2D eigenvalue weighted by Gasteiger charge is -2.34. The molecule has 3 aliphatic rings. The molecular formula is C21H22N4O3. The lowest BCUT2D eigenvalue weighted by atomic mass is 9.67. The summed E-state index contributed by atoms with van der Waals surface area (Å²) in [4.78, 5) is 28.5. The number of esters is 1. The van der Waals surface area contributed by atoms with Crippen LogP contribution in [0.5, 0.6) is 0 Å². The number of nitrogens with zero attached hydrogens (tertiary/aromatic N) is 2. The molecule has 1 spiro atoms. The van der Waals surface area contributed by atoms with Crippen LogP contribution in [0.1, 0.15) is 33.3 Å². The van der Waals surface area contributed by atoms with Gasteiger partial charge in [-0.2, -0.15) is 5.26 Å². The second kappa shape index (κ2) is 5.61. The second-order valence-corrected chi connectivity index (χ2v) is 8.25. The summed E-state index contributed by atoms with van der Waals surface area (Å²) < 4.78 is 5.57. The van der Waals surface area contributed by atoms with E-state index in [9.17, 15) is 14.9 Å². The van der Waals surface area contributed by atoms with Crippen molar-refractivity contribution in [1.82, 2.24) is 5.32 Å². The van der Waals surface area contributed by atoms with Gasteiger partial charge >= 0.3 is 5.97 Å². The molecule has 7 nitrogen and oxygen atoms in total. The molecule has 3 N–H and O–H groups in total. The summed E-state index contributed by atoms with van der Waals surface area (Å²) in [6, 6.07) is 9.35. The van der Waals surface area contributed by atoms with Crippen molar-refractivity contribution in [3.05, 3.63) is 52.5 Å². The number of cyclic esters (lactones) is 1. The number of carbonyl (C=O) groups is 2. The molecule has 0 unspecified atom stereocenters. The fourth-order valence-corrected chi connectivity index (χ4v) is 4.44. The minimum absolute atomic E-state index is 0.0320. The zero-order chi connectivity index (χ0) is 20.4. The third-order valence-electron chi connectivity index (χ3n) is 5.51. The number of hydrogen-bond acceptors (Lipinski definition) is 6. The van der Waals surface area contributed by atoms with Crippen molar-refractivity contribution in [2.45, 2.75) is 38.7 Å². The maximum atomic E-state index is 13.9. The van der Waals surface area contributed by atoms with Gasteiger partial charge in [0.2, 0.25) is 5.91 Å². The van der Waals surface area contributed by atoms with Gasteiger partial charge in [0.25, 0.3) is 0 Å². The molecule has 3 aliphatic heterocycles. The standard InChI is InChI=1S/C21H22N4O3/c1-11(2)10-25-14-8-6-5-7-12(14)21(19(25)27)13(9-22)17(23)24-16-15(21)18(26)28-20(16,3)4/h5-8,11,24H,10,23H2,1-4H3/t21-/m0/s1. The first-order valence-electron chi connectivity index (χ1n) is 9.23. The smallest absolute Gasteiger partial charge is 0.338 e. The SMILES string of the molecule is CC(C)CN1C(=O)[C@]2(C(C#N)=C(N)NC3=C2C(=O)OC3(C)C)c2ccccc21. The largest absolute Gasteiger partial charge is 0.450 e. The molecule has 1 aromatic rings. The van der Waals surface area contributed by atoms with Gasteiger partial charge in [-0.1, -0.05) is 32.0 Å². The van der Waals surface area contributed by atoms with Crippen LogP contribution in [-0.2, 0) is 19.7 Å². The molecule has 7 heteroatoms. The number of amides is 1. The molecule has 3 heterocycles. The van der Waals surface area contributed by atoms with Crippen molar-refractivity contribution < 1.29 is 14.3 Å². The predicted molar refractivity (Wildman–Crippen MR) is 102 cm³/mol. The van der Waals surface area contributed by atoms with E-state index in [1.165, 1.54) is 0 Å². The molecule has 0 radical (unpaired) electrons. The van der Waals surface area contributed by atoms with Gasteiger partial charge in [-0.3, -0.25) is 4.79 Å². The lowest BCUT2D eigenvalue weighted by molar-refractivity contribution is -0.145. The van der Waals surface area contributed by atoms with Crippen molar-refractivity contribution in [3.8, 4) is 6.07 Å². The molecule has 1 aromatic carbocycles. The zero-order valence-electron chi connectivity index (χ0n) is 16.3. The van der Waals surface area contributed by atoms with E-state index in [4.69, 9.17) is 10.5 Å². The molecule has 0 saturated carbocycles. The molecular weight excluding hydrogens is 356 g/mol. The summed E-state index contributed by atoms with van der Waals surface area (Å²) in [7, 11) is 0. The van der Waals surface area contributed by atoms with Crippen LogP contribution < -0.4 is 16.0 Å². The Bertz CT molecular complexity index is 1030. The highest BCUT2D eigenvalue weighted by Gasteiger charge is 2.65. The van der Waals surface area contributed by atoms with Crippen LogP contribution in [0.15, 0.2) is 46.9 Å². The lowest BCUT2D eigenvalue weighted by Crippen LogP contribution is -2.50. The normalized spacial score (nSPS) is 25.1. The highest BCUT2D eigenvalue weighted by molar-refractivity contribution is 6.19. The van der Waals surface area contributed by atoms with E-state index in [2.05, 4.69) is 11.4 Å². The third-order valence-corrected chi connectivity index (χ3v) is 5.51. The number of dihydropyridines is 1. The van der Waals surface area contributed by atoms with Crippen LogP contribution in [0.2, 0.25) is 0 Å². The Kier molecular flexibility index (Phi) is 3.63. The summed E-state index contributed by atoms with van der Waals surface area (Å²) in [6.45, 7) is 7.95. The molecule has 0 fully saturated rings. The number of anilines is 1. The first-order valence-corrected chi connectivity index (χ1v) is 9.23. The number of ether oxygens (including phenoxy) is 1. The summed E-state index contributed by atoms with van der Waals surface area (Å²) in [5.41, 5.74) is 5.54. The Morgan fingerprint density at radius 3 is 2.61 bits per heavy atom. The maximum Gasteiger partial charge on any atom is 0.338 e. The maximum absolute atomic E-state index is 13.9. The third kappa shape index (κ3) is 2.03. The van der Waals surface area contributed by atoms with E-state index < -0.39 is 17.0 Å². The fourth-order valence-electron chi connectivity index (χ4n) is 4.44. The van der Waals surface area contributed by atoms with Crippen LogP contribution in [-0.4, -0.2) is 24.0 Å². The first kappa shape index (κ1) is 18.1. The van der Waals surface area contributed by atoms with E-state index in [0.717, 1.165) is 0 Å². The molecule has 1 amide bonds. The first-order chi connectivity index (χ1) is 13.2. The van der Waals surface area contributed by atoms with Crippen LogP contribution in [0.25, 0.3) is 0 Å². The number of nitrogens with one attached hydrogen (secondary N) is 1. The number of rotatable bonds is 2. The van der Waals surface area contributed by atoms with Crippen LogP contribution in [0, 0.1) is 17.2 Å². The van der Waals surface area contributed by atoms with Crippen molar-refractivity contribution in [1.29, 1.82) is 5.26 Å². The second-order valence-electron chi connectivity index (χ2n) is 8.25.